The van der Waals surface area contributed by atoms with E-state index in [0.717, 1.165) is 6.07 Å². The highest BCUT2D eigenvalue weighted by Gasteiger charge is 2.15. The van der Waals surface area contributed by atoms with Gasteiger partial charge in [0.05, 0.1) is 11.9 Å². The van der Waals surface area contributed by atoms with Crippen LogP contribution in [0.4, 0.5) is 10.1 Å². The second-order valence-corrected chi connectivity index (χ2v) is 4.51. The molecule has 1 unspecified atom stereocenters. The summed E-state index contributed by atoms with van der Waals surface area (Å²) in [6.45, 7) is 1.60. The van der Waals surface area contributed by atoms with Gasteiger partial charge in [-0.2, -0.15) is 4.39 Å². The Balaban J connectivity index is 1.96. The lowest BCUT2D eigenvalue weighted by atomic mass is 10.3. The number of ether oxygens (including phenoxy) is 1. The van der Waals surface area contributed by atoms with Gasteiger partial charge in [0.1, 0.15) is 5.75 Å². The summed E-state index contributed by atoms with van der Waals surface area (Å²) in [7, 11) is 0. The fourth-order valence-electron chi connectivity index (χ4n) is 1.49. The van der Waals surface area contributed by atoms with Crippen molar-refractivity contribution in [1.29, 1.82) is 0 Å². The molecule has 0 fully saturated rings. The highest BCUT2D eigenvalue weighted by Crippen LogP contribution is 2.18. The van der Waals surface area contributed by atoms with Gasteiger partial charge in [-0.15, -0.1) is 0 Å². The maximum atomic E-state index is 12.6. The SMILES string of the molecule is CC(Oc1cccc(Cl)c1)C(=O)Nc1ccc(F)nc1. The van der Waals surface area contributed by atoms with E-state index in [1.165, 1.54) is 12.3 Å². The zero-order valence-electron chi connectivity index (χ0n) is 10.6. The number of carbonyl (C=O) groups is 1. The van der Waals surface area contributed by atoms with Gasteiger partial charge in [-0.1, -0.05) is 17.7 Å². The number of anilines is 1. The van der Waals surface area contributed by atoms with Crippen LogP contribution in [0.15, 0.2) is 42.6 Å². The van der Waals surface area contributed by atoms with E-state index in [1.54, 1.807) is 31.2 Å². The number of benzene rings is 1. The van der Waals surface area contributed by atoms with Crippen molar-refractivity contribution < 1.29 is 13.9 Å². The molecular weight excluding hydrogens is 283 g/mol. The number of nitrogens with one attached hydrogen (secondary N) is 1. The Morgan fingerprint density at radius 3 is 2.85 bits per heavy atom. The molecule has 0 spiro atoms. The second-order valence-electron chi connectivity index (χ2n) is 4.08. The third kappa shape index (κ3) is 3.93. The van der Waals surface area contributed by atoms with Gasteiger partial charge in [-0.25, -0.2) is 4.98 Å². The van der Waals surface area contributed by atoms with Gasteiger partial charge in [-0.05, 0) is 37.3 Å². The summed E-state index contributed by atoms with van der Waals surface area (Å²) in [5.74, 6) is -0.470. The Bertz CT molecular complexity index is 604. The van der Waals surface area contributed by atoms with Gasteiger partial charge in [0.2, 0.25) is 5.95 Å². The Morgan fingerprint density at radius 1 is 1.40 bits per heavy atom. The molecule has 1 amide bonds. The Labute approximate surface area is 120 Å². The average Bonchev–Trinajstić information content (AvgIpc) is 2.41. The Hall–Kier alpha value is -2.14. The van der Waals surface area contributed by atoms with Gasteiger partial charge < -0.3 is 10.1 Å². The fourth-order valence-corrected chi connectivity index (χ4v) is 1.67. The zero-order chi connectivity index (χ0) is 14.5. The molecule has 1 aromatic carbocycles. The lowest BCUT2D eigenvalue weighted by molar-refractivity contribution is -0.122. The normalized spacial score (nSPS) is 11.8. The number of aromatic nitrogens is 1. The maximum absolute atomic E-state index is 12.6. The molecule has 6 heteroatoms. The van der Waals surface area contributed by atoms with Gasteiger partial charge in [0.15, 0.2) is 6.10 Å². The molecule has 104 valence electrons. The van der Waals surface area contributed by atoms with E-state index in [9.17, 15) is 9.18 Å². The first-order chi connectivity index (χ1) is 9.54. The number of nitrogens with zero attached hydrogens (tertiary/aromatic N) is 1. The van der Waals surface area contributed by atoms with E-state index in [1.807, 2.05) is 0 Å². The van der Waals surface area contributed by atoms with Crippen LogP contribution in [0.3, 0.4) is 0 Å². The molecule has 0 radical (unpaired) electrons. The lowest BCUT2D eigenvalue weighted by Crippen LogP contribution is -2.30. The van der Waals surface area contributed by atoms with Crippen LogP contribution in [0.1, 0.15) is 6.92 Å². The predicted molar refractivity (Wildman–Crippen MR) is 74.4 cm³/mol. The van der Waals surface area contributed by atoms with Crippen molar-refractivity contribution >= 4 is 23.2 Å². The Morgan fingerprint density at radius 2 is 2.20 bits per heavy atom. The molecule has 0 aliphatic heterocycles. The van der Waals surface area contributed by atoms with Crippen LogP contribution < -0.4 is 10.1 Å². The van der Waals surface area contributed by atoms with E-state index in [4.69, 9.17) is 16.3 Å². The van der Waals surface area contributed by atoms with E-state index >= 15 is 0 Å². The van der Waals surface area contributed by atoms with Gasteiger partial charge >= 0.3 is 0 Å². The lowest BCUT2D eigenvalue weighted by Gasteiger charge is -2.14. The molecular formula is C14H12ClFN2O2. The van der Waals surface area contributed by atoms with E-state index in [0.29, 0.717) is 16.5 Å². The number of carbonyl (C=O) groups excluding carboxylic acids is 1. The molecule has 0 aliphatic carbocycles. The summed E-state index contributed by atoms with van der Waals surface area (Å²) in [6.07, 6.45) is 0.512. The molecule has 1 atom stereocenters. The summed E-state index contributed by atoms with van der Waals surface area (Å²) in [4.78, 5) is 15.3. The first-order valence-corrected chi connectivity index (χ1v) is 6.27. The van der Waals surface area contributed by atoms with Crippen LogP contribution in [-0.4, -0.2) is 17.0 Å². The summed E-state index contributed by atoms with van der Waals surface area (Å²) in [5, 5.41) is 3.10. The third-order valence-electron chi connectivity index (χ3n) is 2.47. The van der Waals surface area contributed by atoms with Crippen molar-refractivity contribution in [2.24, 2.45) is 0 Å². The zero-order valence-corrected chi connectivity index (χ0v) is 11.4. The second kappa shape index (κ2) is 6.34. The van der Waals surface area contributed by atoms with Gasteiger partial charge in [0, 0.05) is 5.02 Å². The van der Waals surface area contributed by atoms with Crippen molar-refractivity contribution in [2.75, 3.05) is 5.32 Å². The van der Waals surface area contributed by atoms with Crippen LogP contribution >= 0.6 is 11.6 Å². The summed E-state index contributed by atoms with van der Waals surface area (Å²) in [5.41, 5.74) is 0.401. The molecule has 1 aromatic heterocycles. The van der Waals surface area contributed by atoms with Crippen molar-refractivity contribution in [1.82, 2.24) is 4.98 Å². The first-order valence-electron chi connectivity index (χ1n) is 5.89. The number of halogens is 2. The van der Waals surface area contributed by atoms with Crippen molar-refractivity contribution in [2.45, 2.75) is 13.0 Å². The van der Waals surface area contributed by atoms with Crippen LogP contribution in [0, 0.1) is 5.95 Å². The van der Waals surface area contributed by atoms with Crippen LogP contribution in [0.25, 0.3) is 0 Å². The minimum absolute atomic E-state index is 0.363. The summed E-state index contributed by atoms with van der Waals surface area (Å²) < 4.78 is 18.1. The highest BCUT2D eigenvalue weighted by molar-refractivity contribution is 6.30. The molecule has 2 rings (SSSR count). The van der Waals surface area contributed by atoms with Gasteiger partial charge in [-0.3, -0.25) is 4.79 Å². The maximum Gasteiger partial charge on any atom is 0.265 e. The van der Waals surface area contributed by atoms with Crippen molar-refractivity contribution in [3.63, 3.8) is 0 Å². The number of pyridine rings is 1. The highest BCUT2D eigenvalue weighted by atomic mass is 35.5. The quantitative estimate of drug-likeness (QED) is 0.881. The summed E-state index contributed by atoms with van der Waals surface area (Å²) >= 11 is 5.83. The molecule has 20 heavy (non-hydrogen) atoms. The molecule has 2 aromatic rings. The number of amides is 1. The van der Waals surface area contributed by atoms with Crippen LogP contribution in [0.5, 0.6) is 5.75 Å². The fraction of sp³-hybridized carbons (Fsp3) is 0.143. The number of hydrogen-bond acceptors (Lipinski definition) is 3. The largest absolute Gasteiger partial charge is 0.481 e. The molecule has 0 bridgehead atoms. The van der Waals surface area contributed by atoms with Crippen molar-refractivity contribution in [3.8, 4) is 5.75 Å². The topological polar surface area (TPSA) is 51.2 Å². The molecule has 0 saturated heterocycles. The number of hydrogen-bond donors (Lipinski definition) is 1. The predicted octanol–water partition coefficient (Wildman–Crippen LogP) is 3.28. The van der Waals surface area contributed by atoms with Crippen LogP contribution in [0.2, 0.25) is 5.02 Å². The van der Waals surface area contributed by atoms with Crippen LogP contribution in [-0.2, 0) is 4.79 Å². The molecule has 4 nitrogen and oxygen atoms in total. The standard InChI is InChI=1S/C14H12ClFN2O2/c1-9(20-12-4-2-3-10(15)7-12)14(19)18-11-5-6-13(16)17-8-11/h2-9H,1H3,(H,18,19). The van der Waals surface area contributed by atoms with Crippen molar-refractivity contribution in [3.05, 3.63) is 53.6 Å². The van der Waals surface area contributed by atoms with Gasteiger partial charge in [0.25, 0.3) is 5.91 Å². The third-order valence-corrected chi connectivity index (χ3v) is 2.71. The number of rotatable bonds is 4. The van der Waals surface area contributed by atoms with E-state index in [2.05, 4.69) is 10.3 Å². The smallest absolute Gasteiger partial charge is 0.265 e. The molecule has 0 aliphatic rings. The minimum Gasteiger partial charge on any atom is -0.481 e. The Kier molecular flexibility index (Phi) is 4.53. The first kappa shape index (κ1) is 14.3. The minimum atomic E-state index is -0.724. The molecule has 1 N–H and O–H groups in total. The van der Waals surface area contributed by atoms with E-state index < -0.39 is 12.1 Å². The van der Waals surface area contributed by atoms with E-state index in [-0.39, 0.29) is 5.91 Å². The monoisotopic (exact) mass is 294 g/mol. The molecule has 1 heterocycles. The summed E-state index contributed by atoms with van der Waals surface area (Å²) in [6, 6.07) is 9.35. The molecule has 0 saturated carbocycles. The average molecular weight is 295 g/mol.